The van der Waals surface area contributed by atoms with Crippen molar-refractivity contribution in [1.29, 1.82) is 0 Å². The number of nitrogens with zero attached hydrogens (tertiary/aromatic N) is 2. The van der Waals surface area contributed by atoms with E-state index in [2.05, 4.69) is 15.1 Å². The Hall–Kier alpha value is -0.610. The third-order valence-corrected chi connectivity index (χ3v) is 4.62. The minimum Gasteiger partial charge on any atom is -0.341 e. The van der Waals surface area contributed by atoms with Gasteiger partial charge < -0.3 is 10.2 Å². The minimum absolute atomic E-state index is 0.100. The van der Waals surface area contributed by atoms with Gasteiger partial charge in [0.1, 0.15) is 0 Å². The summed E-state index contributed by atoms with van der Waals surface area (Å²) >= 11 is 0. The van der Waals surface area contributed by atoms with Crippen LogP contribution in [0, 0.1) is 5.92 Å². The first-order valence-electron chi connectivity index (χ1n) is 7.90. The molecule has 1 N–H and O–H groups in total. The molecule has 1 unspecified atom stereocenters. The van der Waals surface area contributed by atoms with E-state index in [1.54, 1.807) is 0 Å². The average Bonchev–Trinajstić information content (AvgIpc) is 2.83. The zero-order chi connectivity index (χ0) is 13.7. The molecule has 1 saturated heterocycles. The summed E-state index contributed by atoms with van der Waals surface area (Å²) in [6.07, 6.45) is 6.65. The lowest BCUT2D eigenvalue weighted by Gasteiger charge is -2.28. The molecule has 1 heterocycles. The monoisotopic (exact) mass is 267 g/mol. The molecule has 1 aliphatic carbocycles. The molecule has 4 heteroatoms. The number of carbonyl (C=O) groups is 1. The van der Waals surface area contributed by atoms with Crippen LogP contribution in [0.3, 0.4) is 0 Å². The van der Waals surface area contributed by atoms with E-state index in [0.717, 1.165) is 38.6 Å². The molecule has 0 aromatic carbocycles. The molecule has 1 saturated carbocycles. The Morgan fingerprint density at radius 2 is 1.89 bits per heavy atom. The zero-order valence-electron chi connectivity index (χ0n) is 12.5. The third-order valence-electron chi connectivity index (χ3n) is 4.62. The van der Waals surface area contributed by atoms with E-state index < -0.39 is 0 Å². The molecule has 0 aromatic heterocycles. The van der Waals surface area contributed by atoms with Crippen LogP contribution < -0.4 is 5.32 Å². The van der Waals surface area contributed by atoms with Crippen molar-refractivity contribution in [2.24, 2.45) is 5.92 Å². The lowest BCUT2D eigenvalue weighted by Crippen LogP contribution is -2.41. The van der Waals surface area contributed by atoms with Crippen LogP contribution in [0.4, 0.5) is 0 Å². The Balaban J connectivity index is 1.83. The van der Waals surface area contributed by atoms with E-state index in [0.29, 0.717) is 5.91 Å². The summed E-state index contributed by atoms with van der Waals surface area (Å²) in [6, 6.07) is 0.796. The van der Waals surface area contributed by atoms with E-state index in [1.165, 1.54) is 32.2 Å². The van der Waals surface area contributed by atoms with Crippen LogP contribution in [0.2, 0.25) is 0 Å². The second-order valence-corrected chi connectivity index (χ2v) is 6.11. The fraction of sp³-hybridized carbons (Fsp3) is 0.933. The summed E-state index contributed by atoms with van der Waals surface area (Å²) in [5.41, 5.74) is 0. The number of carbonyl (C=O) groups excluding carboxylic acids is 1. The molecule has 0 spiro atoms. The molecule has 2 aliphatic rings. The van der Waals surface area contributed by atoms with Crippen LogP contribution in [-0.2, 0) is 4.79 Å². The lowest BCUT2D eigenvalue weighted by molar-refractivity contribution is -0.134. The summed E-state index contributed by atoms with van der Waals surface area (Å²) in [7, 11) is 1.91. The topological polar surface area (TPSA) is 35.6 Å². The van der Waals surface area contributed by atoms with Crippen molar-refractivity contribution < 1.29 is 4.79 Å². The van der Waals surface area contributed by atoms with Gasteiger partial charge in [0.25, 0.3) is 0 Å². The summed E-state index contributed by atoms with van der Waals surface area (Å²) in [6.45, 7) is 6.91. The molecule has 1 atom stereocenters. The van der Waals surface area contributed by atoms with Gasteiger partial charge in [-0.2, -0.15) is 0 Å². The second-order valence-electron chi connectivity index (χ2n) is 6.11. The Morgan fingerprint density at radius 3 is 2.58 bits per heavy atom. The van der Waals surface area contributed by atoms with Gasteiger partial charge >= 0.3 is 0 Å². The number of hydrogen-bond acceptors (Lipinski definition) is 3. The SMILES string of the molecule is CNCC(C)C(=O)N1CCCN(C2CCCC2)CC1. The highest BCUT2D eigenvalue weighted by Gasteiger charge is 2.27. The van der Waals surface area contributed by atoms with Gasteiger partial charge in [0.15, 0.2) is 0 Å². The molecule has 0 bridgehead atoms. The normalized spacial score (nSPS) is 24.4. The molecule has 0 aromatic rings. The van der Waals surface area contributed by atoms with E-state index in [-0.39, 0.29) is 5.92 Å². The summed E-state index contributed by atoms with van der Waals surface area (Å²) in [5.74, 6) is 0.422. The largest absolute Gasteiger partial charge is 0.341 e. The van der Waals surface area contributed by atoms with Gasteiger partial charge in [-0.15, -0.1) is 0 Å². The highest BCUT2D eigenvalue weighted by atomic mass is 16.2. The van der Waals surface area contributed by atoms with Crippen molar-refractivity contribution in [3.8, 4) is 0 Å². The first-order chi connectivity index (χ1) is 9.22. The highest BCUT2D eigenvalue weighted by Crippen LogP contribution is 2.24. The standard InChI is InChI=1S/C15H29N3O/c1-13(12-16-2)15(19)18-9-5-8-17(10-11-18)14-6-3-4-7-14/h13-14,16H,3-12H2,1-2H3. The zero-order valence-corrected chi connectivity index (χ0v) is 12.5. The van der Waals surface area contributed by atoms with Crippen LogP contribution >= 0.6 is 0 Å². The van der Waals surface area contributed by atoms with Crippen LogP contribution in [0.5, 0.6) is 0 Å². The molecule has 110 valence electrons. The molecule has 1 amide bonds. The second kappa shape index (κ2) is 7.25. The van der Waals surface area contributed by atoms with Gasteiger partial charge in [0, 0.05) is 44.7 Å². The van der Waals surface area contributed by atoms with Gasteiger partial charge in [-0.1, -0.05) is 19.8 Å². The molecule has 4 nitrogen and oxygen atoms in total. The fourth-order valence-electron chi connectivity index (χ4n) is 3.50. The summed E-state index contributed by atoms with van der Waals surface area (Å²) in [4.78, 5) is 17.0. The smallest absolute Gasteiger partial charge is 0.226 e. The van der Waals surface area contributed by atoms with Gasteiger partial charge in [0.2, 0.25) is 5.91 Å². The quantitative estimate of drug-likeness (QED) is 0.834. The van der Waals surface area contributed by atoms with Gasteiger partial charge in [-0.3, -0.25) is 9.69 Å². The van der Waals surface area contributed by atoms with E-state index >= 15 is 0 Å². The number of nitrogens with one attached hydrogen (secondary N) is 1. The molecular formula is C15H29N3O. The predicted molar refractivity (Wildman–Crippen MR) is 78.1 cm³/mol. The van der Waals surface area contributed by atoms with E-state index in [1.807, 2.05) is 14.0 Å². The number of amides is 1. The Morgan fingerprint density at radius 1 is 1.16 bits per heavy atom. The first kappa shape index (κ1) is 14.8. The maximum absolute atomic E-state index is 12.3. The average molecular weight is 267 g/mol. The van der Waals surface area contributed by atoms with Gasteiger partial charge in [-0.05, 0) is 26.3 Å². The van der Waals surface area contributed by atoms with E-state index in [9.17, 15) is 4.79 Å². The van der Waals surface area contributed by atoms with Crippen LogP contribution in [0.1, 0.15) is 39.0 Å². The number of rotatable bonds is 4. The van der Waals surface area contributed by atoms with Crippen LogP contribution in [0.25, 0.3) is 0 Å². The van der Waals surface area contributed by atoms with Gasteiger partial charge in [-0.25, -0.2) is 0 Å². The Labute approximate surface area is 117 Å². The number of hydrogen-bond donors (Lipinski definition) is 1. The van der Waals surface area contributed by atoms with Crippen molar-refractivity contribution in [2.75, 3.05) is 39.8 Å². The highest BCUT2D eigenvalue weighted by molar-refractivity contribution is 5.78. The van der Waals surface area contributed by atoms with Crippen LogP contribution in [0.15, 0.2) is 0 Å². The summed E-state index contributed by atoms with van der Waals surface area (Å²) in [5, 5.41) is 3.10. The molecule has 19 heavy (non-hydrogen) atoms. The van der Waals surface area contributed by atoms with Crippen LogP contribution in [-0.4, -0.2) is 61.5 Å². The van der Waals surface area contributed by atoms with Crippen molar-refractivity contribution in [1.82, 2.24) is 15.1 Å². The van der Waals surface area contributed by atoms with Crippen molar-refractivity contribution >= 4 is 5.91 Å². The molecule has 2 fully saturated rings. The fourth-order valence-corrected chi connectivity index (χ4v) is 3.50. The maximum Gasteiger partial charge on any atom is 0.226 e. The molecule has 2 rings (SSSR count). The minimum atomic E-state index is 0.100. The van der Waals surface area contributed by atoms with Crippen molar-refractivity contribution in [3.63, 3.8) is 0 Å². The third kappa shape index (κ3) is 3.93. The molecule has 0 radical (unpaired) electrons. The lowest BCUT2D eigenvalue weighted by atomic mass is 10.1. The molecule has 1 aliphatic heterocycles. The summed E-state index contributed by atoms with van der Waals surface area (Å²) < 4.78 is 0. The first-order valence-corrected chi connectivity index (χ1v) is 7.90. The molecular weight excluding hydrogens is 238 g/mol. The Bertz CT molecular complexity index is 289. The predicted octanol–water partition coefficient (Wildman–Crippen LogP) is 1.32. The maximum atomic E-state index is 12.3. The van der Waals surface area contributed by atoms with Crippen molar-refractivity contribution in [2.45, 2.75) is 45.1 Å². The Kier molecular flexibility index (Phi) is 5.64. The van der Waals surface area contributed by atoms with Gasteiger partial charge in [0.05, 0.1) is 0 Å². The van der Waals surface area contributed by atoms with Crippen molar-refractivity contribution in [3.05, 3.63) is 0 Å². The van der Waals surface area contributed by atoms with E-state index in [4.69, 9.17) is 0 Å².